The van der Waals surface area contributed by atoms with E-state index in [1.807, 2.05) is 12.3 Å². The Kier molecular flexibility index (Phi) is 3.54. The molecule has 0 saturated heterocycles. The zero-order chi connectivity index (χ0) is 15.6. The number of pyridine rings is 1. The van der Waals surface area contributed by atoms with E-state index in [1.54, 1.807) is 0 Å². The molecule has 4 rings (SSSR count). The molecule has 0 bridgehead atoms. The Labute approximate surface area is 135 Å². The first-order valence-corrected chi connectivity index (χ1v) is 8.14. The molecule has 2 heterocycles. The topological polar surface area (TPSA) is 30.7 Å². The molecule has 0 fully saturated rings. The lowest BCUT2D eigenvalue weighted by Gasteiger charge is -2.07. The van der Waals surface area contributed by atoms with Crippen LogP contribution in [0.3, 0.4) is 0 Å². The fourth-order valence-corrected chi connectivity index (χ4v) is 3.25. The Balaban J connectivity index is 1.84. The molecule has 23 heavy (non-hydrogen) atoms. The second kappa shape index (κ2) is 5.84. The van der Waals surface area contributed by atoms with Crippen molar-refractivity contribution in [3.05, 3.63) is 72.1 Å². The van der Waals surface area contributed by atoms with Gasteiger partial charge in [-0.15, -0.1) is 0 Å². The summed E-state index contributed by atoms with van der Waals surface area (Å²) in [7, 11) is 0. The maximum Gasteiger partial charge on any atom is 0.112 e. The van der Waals surface area contributed by atoms with E-state index in [1.165, 1.54) is 22.0 Å². The van der Waals surface area contributed by atoms with Crippen LogP contribution >= 0.6 is 0 Å². The Morgan fingerprint density at radius 3 is 2.48 bits per heavy atom. The van der Waals surface area contributed by atoms with Gasteiger partial charge in [0.1, 0.15) is 5.52 Å². The summed E-state index contributed by atoms with van der Waals surface area (Å²) in [4.78, 5) is 4.54. The van der Waals surface area contributed by atoms with E-state index in [0.29, 0.717) is 0 Å². The van der Waals surface area contributed by atoms with Crippen LogP contribution in [-0.4, -0.2) is 14.8 Å². The summed E-state index contributed by atoms with van der Waals surface area (Å²) in [5, 5.41) is 7.21. The molecule has 0 saturated carbocycles. The summed E-state index contributed by atoms with van der Waals surface area (Å²) >= 11 is 0. The average Bonchev–Trinajstić information content (AvgIpc) is 2.99. The molecule has 3 nitrogen and oxygen atoms in total. The zero-order valence-corrected chi connectivity index (χ0v) is 13.2. The summed E-state index contributed by atoms with van der Waals surface area (Å²) in [6.45, 7) is 3.03. The molecule has 0 aliphatic heterocycles. The molecule has 4 aromatic rings. The SMILES string of the molecule is CCn1nc2cnc3ccccc3c2c1CCc1ccccc1. The number of aromatic nitrogens is 3. The monoisotopic (exact) mass is 301 g/mol. The van der Waals surface area contributed by atoms with Crippen LogP contribution in [0, 0.1) is 0 Å². The first-order chi connectivity index (χ1) is 11.4. The number of rotatable bonds is 4. The molecule has 3 heteroatoms. The first-order valence-electron chi connectivity index (χ1n) is 8.14. The van der Waals surface area contributed by atoms with Crippen LogP contribution in [0.15, 0.2) is 60.8 Å². The Morgan fingerprint density at radius 2 is 1.65 bits per heavy atom. The normalized spacial score (nSPS) is 11.3. The fourth-order valence-electron chi connectivity index (χ4n) is 3.25. The Hall–Kier alpha value is -2.68. The number of benzene rings is 2. The lowest BCUT2D eigenvalue weighted by atomic mass is 10.0. The van der Waals surface area contributed by atoms with Crippen molar-refractivity contribution in [3.8, 4) is 0 Å². The fraction of sp³-hybridized carbons (Fsp3) is 0.200. The molecule has 0 aliphatic carbocycles. The van der Waals surface area contributed by atoms with Gasteiger partial charge in [0.25, 0.3) is 0 Å². The van der Waals surface area contributed by atoms with Gasteiger partial charge in [0.05, 0.1) is 11.7 Å². The van der Waals surface area contributed by atoms with Crippen molar-refractivity contribution in [2.75, 3.05) is 0 Å². The predicted molar refractivity (Wildman–Crippen MR) is 94.6 cm³/mol. The van der Waals surface area contributed by atoms with E-state index < -0.39 is 0 Å². The van der Waals surface area contributed by atoms with E-state index in [9.17, 15) is 0 Å². The van der Waals surface area contributed by atoms with Gasteiger partial charge >= 0.3 is 0 Å². The highest BCUT2D eigenvalue weighted by atomic mass is 15.3. The van der Waals surface area contributed by atoms with Crippen LogP contribution in [-0.2, 0) is 19.4 Å². The lowest BCUT2D eigenvalue weighted by molar-refractivity contribution is 0.626. The molecule has 0 radical (unpaired) electrons. The summed E-state index contributed by atoms with van der Waals surface area (Å²) in [5.74, 6) is 0. The van der Waals surface area contributed by atoms with Gasteiger partial charge in [-0.2, -0.15) is 5.10 Å². The third kappa shape index (κ3) is 2.48. The van der Waals surface area contributed by atoms with Gasteiger partial charge in [0, 0.05) is 23.0 Å². The highest BCUT2D eigenvalue weighted by molar-refractivity contribution is 6.05. The molecule has 0 N–H and O–H groups in total. The third-order valence-electron chi connectivity index (χ3n) is 4.38. The van der Waals surface area contributed by atoms with E-state index in [2.05, 4.69) is 65.1 Å². The molecule has 0 aliphatic rings. The van der Waals surface area contributed by atoms with Crippen molar-refractivity contribution in [3.63, 3.8) is 0 Å². The minimum Gasteiger partial charge on any atom is -0.269 e. The standard InChI is InChI=1S/C20H19N3/c1-2-23-19(13-12-15-8-4-3-5-9-15)20-16-10-6-7-11-17(16)21-14-18(20)22-23/h3-11,14H,2,12-13H2,1H3. The maximum absolute atomic E-state index is 4.75. The number of fused-ring (bicyclic) bond motifs is 3. The van der Waals surface area contributed by atoms with Crippen LogP contribution in [0.25, 0.3) is 21.8 Å². The Bertz CT molecular complexity index is 955. The van der Waals surface area contributed by atoms with Gasteiger partial charge in [0.2, 0.25) is 0 Å². The van der Waals surface area contributed by atoms with E-state index in [4.69, 9.17) is 5.10 Å². The highest BCUT2D eigenvalue weighted by Crippen LogP contribution is 2.27. The molecule has 2 aromatic carbocycles. The molecular weight excluding hydrogens is 282 g/mol. The first kappa shape index (κ1) is 13.9. The minimum absolute atomic E-state index is 0.882. The largest absolute Gasteiger partial charge is 0.269 e. The molecule has 0 spiro atoms. The van der Waals surface area contributed by atoms with E-state index >= 15 is 0 Å². The lowest BCUT2D eigenvalue weighted by Crippen LogP contribution is -2.04. The second-order valence-electron chi connectivity index (χ2n) is 5.78. The number of para-hydroxylation sites is 1. The summed E-state index contributed by atoms with van der Waals surface area (Å²) in [6, 6.07) is 19.0. The predicted octanol–water partition coefficient (Wildman–Crippen LogP) is 4.39. The number of nitrogens with zero attached hydrogens (tertiary/aromatic N) is 3. The zero-order valence-electron chi connectivity index (χ0n) is 13.2. The van der Waals surface area contributed by atoms with Crippen molar-refractivity contribution in [2.45, 2.75) is 26.3 Å². The average molecular weight is 301 g/mol. The van der Waals surface area contributed by atoms with Crippen molar-refractivity contribution in [1.29, 1.82) is 0 Å². The number of hydrogen-bond acceptors (Lipinski definition) is 2. The van der Waals surface area contributed by atoms with Crippen molar-refractivity contribution >= 4 is 21.8 Å². The van der Waals surface area contributed by atoms with Crippen LogP contribution in [0.2, 0.25) is 0 Å². The summed E-state index contributed by atoms with van der Waals surface area (Å²) in [6.07, 6.45) is 3.91. The van der Waals surface area contributed by atoms with Gasteiger partial charge in [-0.1, -0.05) is 48.5 Å². The number of aryl methyl sites for hydroxylation is 3. The highest BCUT2D eigenvalue weighted by Gasteiger charge is 2.13. The van der Waals surface area contributed by atoms with E-state index in [-0.39, 0.29) is 0 Å². The van der Waals surface area contributed by atoms with Gasteiger partial charge in [-0.05, 0) is 31.4 Å². The number of hydrogen-bond donors (Lipinski definition) is 0. The van der Waals surface area contributed by atoms with E-state index in [0.717, 1.165) is 30.4 Å². The van der Waals surface area contributed by atoms with Crippen molar-refractivity contribution < 1.29 is 0 Å². The molecular formula is C20H19N3. The summed E-state index contributed by atoms with van der Waals surface area (Å²) < 4.78 is 2.13. The smallest absolute Gasteiger partial charge is 0.112 e. The van der Waals surface area contributed by atoms with Crippen LogP contribution in [0.5, 0.6) is 0 Å². The van der Waals surface area contributed by atoms with Crippen LogP contribution in [0.4, 0.5) is 0 Å². The molecule has 114 valence electrons. The van der Waals surface area contributed by atoms with Gasteiger partial charge < -0.3 is 0 Å². The quantitative estimate of drug-likeness (QED) is 0.559. The molecule has 0 amide bonds. The molecule has 0 atom stereocenters. The van der Waals surface area contributed by atoms with Gasteiger partial charge in [-0.3, -0.25) is 9.67 Å². The minimum atomic E-state index is 0.882. The van der Waals surface area contributed by atoms with Gasteiger partial charge in [-0.25, -0.2) is 0 Å². The maximum atomic E-state index is 4.75. The van der Waals surface area contributed by atoms with Crippen LogP contribution < -0.4 is 0 Å². The summed E-state index contributed by atoms with van der Waals surface area (Å²) in [5.41, 5.74) is 4.71. The molecule has 0 unspecified atom stereocenters. The van der Waals surface area contributed by atoms with Crippen molar-refractivity contribution in [1.82, 2.24) is 14.8 Å². The van der Waals surface area contributed by atoms with Gasteiger partial charge in [0.15, 0.2) is 0 Å². The second-order valence-corrected chi connectivity index (χ2v) is 5.78. The van der Waals surface area contributed by atoms with Crippen LogP contribution in [0.1, 0.15) is 18.2 Å². The third-order valence-corrected chi connectivity index (χ3v) is 4.38. The Morgan fingerprint density at radius 1 is 0.870 bits per heavy atom. The molecule has 2 aromatic heterocycles. The van der Waals surface area contributed by atoms with Crippen molar-refractivity contribution in [2.24, 2.45) is 0 Å².